The Hall–Kier alpha value is -1.94. The van der Waals surface area contributed by atoms with Crippen LogP contribution >= 0.6 is 0 Å². The van der Waals surface area contributed by atoms with E-state index in [2.05, 4.69) is 0 Å². The van der Waals surface area contributed by atoms with Gasteiger partial charge in [-0.2, -0.15) is 0 Å². The van der Waals surface area contributed by atoms with Crippen LogP contribution in [0.1, 0.15) is 31.1 Å². The van der Waals surface area contributed by atoms with E-state index in [1.807, 2.05) is 13.8 Å². The Morgan fingerprint density at radius 1 is 1.10 bits per heavy atom. The summed E-state index contributed by atoms with van der Waals surface area (Å²) in [6, 6.07) is 10.2. The summed E-state index contributed by atoms with van der Waals surface area (Å²) >= 11 is 0. The van der Waals surface area contributed by atoms with Crippen molar-refractivity contribution >= 4 is 0 Å². The van der Waals surface area contributed by atoms with E-state index in [1.165, 1.54) is 0 Å². The molecule has 0 saturated heterocycles. The first-order valence-electron chi connectivity index (χ1n) is 6.84. The first-order valence-corrected chi connectivity index (χ1v) is 6.84. The van der Waals surface area contributed by atoms with Gasteiger partial charge in [-0.1, -0.05) is 12.1 Å². The van der Waals surface area contributed by atoms with Crippen molar-refractivity contribution < 1.29 is 18.6 Å². The van der Waals surface area contributed by atoms with E-state index in [0.29, 0.717) is 11.3 Å². The van der Waals surface area contributed by atoms with E-state index in [0.717, 1.165) is 18.2 Å². The molecule has 21 heavy (non-hydrogen) atoms. The van der Waals surface area contributed by atoms with Crippen LogP contribution in [0.25, 0.3) is 0 Å². The van der Waals surface area contributed by atoms with E-state index in [9.17, 15) is 13.9 Å². The Bertz CT molecular complexity index is 611. The molecule has 112 valence electrons. The summed E-state index contributed by atoms with van der Waals surface area (Å²) in [5.74, 6) is -0.401. The van der Waals surface area contributed by atoms with Crippen LogP contribution in [0.15, 0.2) is 42.5 Å². The highest BCUT2D eigenvalue weighted by atomic mass is 19.1. The van der Waals surface area contributed by atoms with Gasteiger partial charge in [0.05, 0.1) is 12.2 Å². The van der Waals surface area contributed by atoms with Gasteiger partial charge in [-0.3, -0.25) is 0 Å². The third-order valence-corrected chi connectivity index (χ3v) is 3.04. The molecule has 0 amide bonds. The van der Waals surface area contributed by atoms with Crippen LogP contribution in [0, 0.1) is 11.6 Å². The van der Waals surface area contributed by atoms with E-state index in [4.69, 9.17) is 4.74 Å². The summed E-state index contributed by atoms with van der Waals surface area (Å²) in [7, 11) is 0. The van der Waals surface area contributed by atoms with Crippen LogP contribution in [0.3, 0.4) is 0 Å². The molecule has 1 atom stereocenters. The fourth-order valence-corrected chi connectivity index (χ4v) is 2.09. The van der Waals surface area contributed by atoms with Crippen LogP contribution in [0.4, 0.5) is 8.78 Å². The monoisotopic (exact) mass is 292 g/mol. The number of benzene rings is 2. The molecule has 1 unspecified atom stereocenters. The maximum atomic E-state index is 13.6. The minimum absolute atomic E-state index is 0.00866. The number of rotatable bonds is 5. The molecule has 0 saturated carbocycles. The minimum atomic E-state index is -0.919. The summed E-state index contributed by atoms with van der Waals surface area (Å²) < 4.78 is 32.3. The number of halogens is 2. The van der Waals surface area contributed by atoms with Crippen molar-refractivity contribution in [3.63, 3.8) is 0 Å². The normalized spacial score (nSPS) is 12.5. The molecule has 0 radical (unpaired) electrons. The number of aliphatic hydroxyl groups is 1. The van der Waals surface area contributed by atoms with Gasteiger partial charge in [0, 0.05) is 6.42 Å². The largest absolute Gasteiger partial charge is 0.491 e. The summed E-state index contributed by atoms with van der Waals surface area (Å²) in [6.07, 6.45) is -0.885. The topological polar surface area (TPSA) is 29.5 Å². The Balaban J connectivity index is 2.16. The zero-order valence-electron chi connectivity index (χ0n) is 12.0. The van der Waals surface area contributed by atoms with Crippen LogP contribution in [0.2, 0.25) is 0 Å². The maximum Gasteiger partial charge on any atom is 0.126 e. The highest BCUT2D eigenvalue weighted by molar-refractivity contribution is 5.31. The lowest BCUT2D eigenvalue weighted by molar-refractivity contribution is 0.175. The number of aliphatic hydroxyl groups excluding tert-OH is 1. The quantitative estimate of drug-likeness (QED) is 0.901. The maximum absolute atomic E-state index is 13.6. The second-order valence-corrected chi connectivity index (χ2v) is 5.19. The number of hydrogen-bond acceptors (Lipinski definition) is 2. The lowest BCUT2D eigenvalue weighted by Crippen LogP contribution is -2.07. The predicted molar refractivity (Wildman–Crippen MR) is 77.2 cm³/mol. The van der Waals surface area contributed by atoms with Crippen molar-refractivity contribution in [1.29, 1.82) is 0 Å². The van der Waals surface area contributed by atoms with E-state index in [-0.39, 0.29) is 18.1 Å². The molecule has 0 bridgehead atoms. The molecule has 2 aromatic carbocycles. The predicted octanol–water partition coefficient (Wildman–Crippen LogP) is 4.03. The van der Waals surface area contributed by atoms with Gasteiger partial charge >= 0.3 is 0 Å². The average Bonchev–Trinajstić information content (AvgIpc) is 2.42. The Labute approximate surface area is 123 Å². The first kappa shape index (κ1) is 15.4. The lowest BCUT2D eigenvalue weighted by atomic mass is 10.0. The first-order chi connectivity index (χ1) is 9.95. The summed E-state index contributed by atoms with van der Waals surface area (Å²) in [5, 5.41) is 10.2. The standard InChI is InChI=1S/C17H18F2O2/c1-11(2)21-15-5-3-4-12(9-15)17(20)10-13-8-14(18)6-7-16(13)19/h3-9,11,17,20H,10H2,1-2H3. The van der Waals surface area contributed by atoms with E-state index in [1.54, 1.807) is 24.3 Å². The van der Waals surface area contributed by atoms with Crippen molar-refractivity contribution in [2.75, 3.05) is 0 Å². The summed E-state index contributed by atoms with van der Waals surface area (Å²) in [6.45, 7) is 3.82. The zero-order chi connectivity index (χ0) is 15.4. The highest BCUT2D eigenvalue weighted by Crippen LogP contribution is 2.24. The molecular weight excluding hydrogens is 274 g/mol. The molecule has 2 nitrogen and oxygen atoms in total. The van der Waals surface area contributed by atoms with Gasteiger partial charge in [-0.25, -0.2) is 8.78 Å². The van der Waals surface area contributed by atoms with Crippen molar-refractivity contribution in [2.45, 2.75) is 32.5 Å². The molecule has 0 aliphatic rings. The summed E-state index contributed by atoms with van der Waals surface area (Å²) in [5.41, 5.74) is 0.759. The van der Waals surface area contributed by atoms with Crippen molar-refractivity contribution in [2.24, 2.45) is 0 Å². The smallest absolute Gasteiger partial charge is 0.126 e. The van der Waals surface area contributed by atoms with Crippen molar-refractivity contribution in [1.82, 2.24) is 0 Å². The molecule has 0 aliphatic carbocycles. The molecule has 4 heteroatoms. The van der Waals surface area contributed by atoms with Gasteiger partial charge in [0.15, 0.2) is 0 Å². The Kier molecular flexibility index (Phi) is 4.91. The molecule has 0 aromatic heterocycles. The SMILES string of the molecule is CC(C)Oc1cccc(C(O)Cc2cc(F)ccc2F)c1. The van der Waals surface area contributed by atoms with Crippen molar-refractivity contribution in [3.8, 4) is 5.75 Å². The van der Waals surface area contributed by atoms with E-state index >= 15 is 0 Å². The Morgan fingerprint density at radius 2 is 1.86 bits per heavy atom. The van der Waals surface area contributed by atoms with Gasteiger partial charge in [-0.05, 0) is 55.3 Å². The second kappa shape index (κ2) is 6.68. The molecule has 2 rings (SSSR count). The lowest BCUT2D eigenvalue weighted by Gasteiger charge is -2.15. The second-order valence-electron chi connectivity index (χ2n) is 5.19. The number of ether oxygens (including phenoxy) is 1. The molecule has 0 heterocycles. The fourth-order valence-electron chi connectivity index (χ4n) is 2.09. The van der Waals surface area contributed by atoms with Crippen LogP contribution in [0.5, 0.6) is 5.75 Å². The van der Waals surface area contributed by atoms with Crippen LogP contribution in [-0.2, 0) is 6.42 Å². The van der Waals surface area contributed by atoms with Gasteiger partial charge in [0.2, 0.25) is 0 Å². The third kappa shape index (κ3) is 4.26. The van der Waals surface area contributed by atoms with E-state index < -0.39 is 17.7 Å². The molecular formula is C17H18F2O2. The van der Waals surface area contributed by atoms with Gasteiger partial charge in [0.25, 0.3) is 0 Å². The molecule has 0 fully saturated rings. The van der Waals surface area contributed by atoms with Crippen LogP contribution < -0.4 is 4.74 Å². The molecule has 2 aromatic rings. The highest BCUT2D eigenvalue weighted by Gasteiger charge is 2.13. The third-order valence-electron chi connectivity index (χ3n) is 3.04. The fraction of sp³-hybridized carbons (Fsp3) is 0.294. The van der Waals surface area contributed by atoms with Gasteiger partial charge in [0.1, 0.15) is 17.4 Å². The zero-order valence-corrected chi connectivity index (χ0v) is 12.0. The van der Waals surface area contributed by atoms with Crippen molar-refractivity contribution in [3.05, 3.63) is 65.2 Å². The number of hydrogen-bond donors (Lipinski definition) is 1. The summed E-state index contributed by atoms with van der Waals surface area (Å²) in [4.78, 5) is 0. The molecule has 1 N–H and O–H groups in total. The van der Waals surface area contributed by atoms with Crippen LogP contribution in [-0.4, -0.2) is 11.2 Å². The molecule has 0 spiro atoms. The average molecular weight is 292 g/mol. The molecule has 0 aliphatic heterocycles. The Morgan fingerprint density at radius 3 is 2.57 bits per heavy atom. The minimum Gasteiger partial charge on any atom is -0.491 e. The van der Waals surface area contributed by atoms with Gasteiger partial charge < -0.3 is 9.84 Å². The van der Waals surface area contributed by atoms with Gasteiger partial charge in [-0.15, -0.1) is 0 Å².